The number of hydrogen-bond acceptors (Lipinski definition) is 5. The molecule has 0 amide bonds. The van der Waals surface area contributed by atoms with Gasteiger partial charge in [0.2, 0.25) is 0 Å². The number of aromatic nitrogens is 3. The SMILES string of the molecule is CN(C)CCn1ncc(Cl)c1C(O)c1ncc(Cl)s1. The molecule has 1 unspecified atom stereocenters. The molecule has 5 nitrogen and oxygen atoms in total. The van der Waals surface area contributed by atoms with Gasteiger partial charge in [0.05, 0.1) is 29.7 Å². The zero-order valence-electron chi connectivity index (χ0n) is 10.5. The van der Waals surface area contributed by atoms with Crippen molar-refractivity contribution in [3.63, 3.8) is 0 Å². The van der Waals surface area contributed by atoms with E-state index in [0.29, 0.717) is 26.6 Å². The zero-order valence-corrected chi connectivity index (χ0v) is 12.9. The standard InChI is InChI=1S/C11H14Cl2N4OS/c1-16(2)3-4-17-9(7(12)5-15-17)10(18)11-14-6-8(13)19-11/h5-6,10,18H,3-4H2,1-2H3. The minimum absolute atomic E-state index is 0.428. The van der Waals surface area contributed by atoms with E-state index in [1.807, 2.05) is 19.0 Å². The highest BCUT2D eigenvalue weighted by Crippen LogP contribution is 2.32. The second-order valence-electron chi connectivity index (χ2n) is 4.31. The van der Waals surface area contributed by atoms with Gasteiger partial charge in [-0.3, -0.25) is 4.68 Å². The maximum Gasteiger partial charge on any atom is 0.149 e. The molecular weight excluding hydrogens is 307 g/mol. The van der Waals surface area contributed by atoms with Crippen LogP contribution in [0.3, 0.4) is 0 Å². The molecule has 8 heteroatoms. The fraction of sp³-hybridized carbons (Fsp3) is 0.455. The molecule has 2 heterocycles. The van der Waals surface area contributed by atoms with E-state index in [9.17, 15) is 5.11 Å². The first-order chi connectivity index (χ1) is 8.99. The van der Waals surface area contributed by atoms with E-state index in [0.717, 1.165) is 6.54 Å². The Morgan fingerprint density at radius 3 is 2.74 bits per heavy atom. The van der Waals surface area contributed by atoms with Crippen LogP contribution in [0.15, 0.2) is 12.4 Å². The van der Waals surface area contributed by atoms with E-state index in [-0.39, 0.29) is 0 Å². The third-order valence-corrected chi connectivity index (χ3v) is 4.04. The number of aliphatic hydroxyl groups excluding tert-OH is 1. The van der Waals surface area contributed by atoms with Crippen molar-refractivity contribution in [3.05, 3.63) is 32.5 Å². The van der Waals surface area contributed by atoms with Crippen LogP contribution in [0.4, 0.5) is 0 Å². The van der Waals surface area contributed by atoms with Gasteiger partial charge < -0.3 is 10.0 Å². The summed E-state index contributed by atoms with van der Waals surface area (Å²) < 4.78 is 2.23. The molecule has 0 aliphatic carbocycles. The Labute approximate surface area is 125 Å². The Morgan fingerprint density at radius 1 is 1.42 bits per heavy atom. The van der Waals surface area contributed by atoms with Crippen LogP contribution in [0.2, 0.25) is 9.36 Å². The molecule has 0 aliphatic heterocycles. The van der Waals surface area contributed by atoms with Crippen LogP contribution in [0.1, 0.15) is 16.8 Å². The lowest BCUT2D eigenvalue weighted by Crippen LogP contribution is -2.21. The molecule has 0 saturated heterocycles. The van der Waals surface area contributed by atoms with Crippen molar-refractivity contribution in [1.82, 2.24) is 19.7 Å². The molecule has 104 valence electrons. The quantitative estimate of drug-likeness (QED) is 0.918. The number of rotatable bonds is 5. The molecule has 0 fully saturated rings. The molecule has 0 bridgehead atoms. The Kier molecular flexibility index (Phi) is 4.81. The smallest absolute Gasteiger partial charge is 0.149 e. The summed E-state index contributed by atoms with van der Waals surface area (Å²) in [6.45, 7) is 1.45. The van der Waals surface area contributed by atoms with Gasteiger partial charge in [-0.25, -0.2) is 4.98 Å². The summed E-state index contributed by atoms with van der Waals surface area (Å²) in [5, 5.41) is 15.5. The van der Waals surface area contributed by atoms with Crippen LogP contribution in [0.25, 0.3) is 0 Å². The highest BCUT2D eigenvalue weighted by Gasteiger charge is 2.22. The van der Waals surface area contributed by atoms with Gasteiger partial charge in [-0.15, -0.1) is 11.3 Å². The van der Waals surface area contributed by atoms with Gasteiger partial charge in [-0.2, -0.15) is 5.10 Å². The van der Waals surface area contributed by atoms with Gasteiger partial charge in [-0.1, -0.05) is 23.2 Å². The predicted molar refractivity (Wildman–Crippen MR) is 77.0 cm³/mol. The van der Waals surface area contributed by atoms with Crippen molar-refractivity contribution in [2.24, 2.45) is 0 Å². The second-order valence-corrected chi connectivity index (χ2v) is 6.41. The van der Waals surface area contributed by atoms with Gasteiger partial charge in [0.1, 0.15) is 15.4 Å². The van der Waals surface area contributed by atoms with Gasteiger partial charge in [0, 0.05) is 6.54 Å². The Hall–Kier alpha value is -0.660. The van der Waals surface area contributed by atoms with Crippen LogP contribution in [0, 0.1) is 0 Å². The predicted octanol–water partition coefficient (Wildman–Crippen LogP) is 2.29. The van der Waals surface area contributed by atoms with Crippen molar-refractivity contribution >= 4 is 34.5 Å². The van der Waals surface area contributed by atoms with Crippen LogP contribution < -0.4 is 0 Å². The summed E-state index contributed by atoms with van der Waals surface area (Å²) in [6, 6.07) is 0. The van der Waals surface area contributed by atoms with E-state index >= 15 is 0 Å². The average molecular weight is 321 g/mol. The van der Waals surface area contributed by atoms with Crippen LogP contribution in [-0.4, -0.2) is 45.4 Å². The van der Waals surface area contributed by atoms with Crippen molar-refractivity contribution in [2.45, 2.75) is 12.6 Å². The fourth-order valence-electron chi connectivity index (χ4n) is 1.63. The normalized spacial score (nSPS) is 13.2. The van der Waals surface area contributed by atoms with Gasteiger partial charge >= 0.3 is 0 Å². The maximum atomic E-state index is 10.4. The topological polar surface area (TPSA) is 54.2 Å². The highest BCUT2D eigenvalue weighted by molar-refractivity contribution is 7.15. The number of hydrogen-bond donors (Lipinski definition) is 1. The highest BCUT2D eigenvalue weighted by atomic mass is 35.5. The third kappa shape index (κ3) is 3.46. The van der Waals surface area contributed by atoms with Gasteiger partial charge in [0.25, 0.3) is 0 Å². The summed E-state index contributed by atoms with van der Waals surface area (Å²) in [5.41, 5.74) is 0.550. The number of thiazole rings is 1. The monoisotopic (exact) mass is 320 g/mol. The lowest BCUT2D eigenvalue weighted by Gasteiger charge is -2.14. The van der Waals surface area contributed by atoms with E-state index in [1.165, 1.54) is 23.7 Å². The number of likely N-dealkylation sites (N-methyl/N-ethyl adjacent to an activating group) is 1. The summed E-state index contributed by atoms with van der Waals surface area (Å²) in [7, 11) is 3.95. The molecule has 0 saturated carbocycles. The van der Waals surface area contributed by atoms with Crippen molar-refractivity contribution in [1.29, 1.82) is 0 Å². The minimum Gasteiger partial charge on any atom is -0.379 e. The van der Waals surface area contributed by atoms with Gasteiger partial charge in [0.15, 0.2) is 0 Å². The summed E-state index contributed by atoms with van der Waals surface area (Å²) in [6.07, 6.45) is 2.14. The Balaban J connectivity index is 2.25. The minimum atomic E-state index is -0.908. The molecule has 2 rings (SSSR count). The first kappa shape index (κ1) is 14.7. The molecule has 1 atom stereocenters. The molecule has 1 N–H and O–H groups in total. The van der Waals surface area contributed by atoms with E-state index in [4.69, 9.17) is 23.2 Å². The molecule has 0 spiro atoms. The van der Waals surface area contributed by atoms with Crippen molar-refractivity contribution in [3.8, 4) is 0 Å². The lowest BCUT2D eigenvalue weighted by atomic mass is 10.2. The average Bonchev–Trinajstić information content (AvgIpc) is 2.92. The van der Waals surface area contributed by atoms with Crippen molar-refractivity contribution < 1.29 is 5.11 Å². The number of halogens is 2. The van der Waals surface area contributed by atoms with E-state index in [1.54, 1.807) is 4.68 Å². The number of aliphatic hydroxyl groups is 1. The summed E-state index contributed by atoms with van der Waals surface area (Å²) >= 11 is 13.2. The molecule has 0 radical (unpaired) electrons. The number of nitrogens with zero attached hydrogens (tertiary/aromatic N) is 4. The zero-order chi connectivity index (χ0) is 14.0. The van der Waals surface area contributed by atoms with Gasteiger partial charge in [-0.05, 0) is 14.1 Å². The molecule has 2 aromatic rings. The van der Waals surface area contributed by atoms with E-state index < -0.39 is 6.10 Å². The van der Waals surface area contributed by atoms with E-state index in [2.05, 4.69) is 10.1 Å². The largest absolute Gasteiger partial charge is 0.379 e. The molecule has 19 heavy (non-hydrogen) atoms. The first-order valence-corrected chi connectivity index (χ1v) is 7.21. The Bertz CT molecular complexity index is 555. The maximum absolute atomic E-state index is 10.4. The van der Waals surface area contributed by atoms with Crippen LogP contribution >= 0.6 is 34.5 Å². The molecular formula is C11H14Cl2N4OS. The summed E-state index contributed by atoms with van der Waals surface area (Å²) in [5.74, 6) is 0. The third-order valence-electron chi connectivity index (χ3n) is 2.58. The molecule has 2 aromatic heterocycles. The van der Waals surface area contributed by atoms with Crippen LogP contribution in [-0.2, 0) is 6.54 Å². The second kappa shape index (κ2) is 6.19. The molecule has 0 aliphatic rings. The first-order valence-electron chi connectivity index (χ1n) is 5.64. The van der Waals surface area contributed by atoms with Crippen molar-refractivity contribution in [2.75, 3.05) is 20.6 Å². The Morgan fingerprint density at radius 2 is 2.16 bits per heavy atom. The molecule has 0 aromatic carbocycles. The lowest BCUT2D eigenvalue weighted by molar-refractivity contribution is 0.205. The summed E-state index contributed by atoms with van der Waals surface area (Å²) in [4.78, 5) is 6.11. The fourth-order valence-corrected chi connectivity index (χ4v) is 2.79. The van der Waals surface area contributed by atoms with Crippen LogP contribution in [0.5, 0.6) is 0 Å².